The minimum atomic E-state index is -3.01. The Kier molecular flexibility index (Phi) is 2.79. The molecule has 1 aromatic heterocycles. The number of hydrogen-bond acceptors (Lipinski definition) is 4. The maximum Gasteiger partial charge on any atom is 0.173 e. The third-order valence-electron chi connectivity index (χ3n) is 2.01. The number of hydrogen-bond donors (Lipinski definition) is 1. The van der Waals surface area contributed by atoms with Crippen molar-refractivity contribution in [2.45, 2.75) is 6.04 Å². The van der Waals surface area contributed by atoms with Crippen molar-refractivity contribution in [3.05, 3.63) is 34.3 Å². The molecule has 1 N–H and O–H groups in total. The van der Waals surface area contributed by atoms with E-state index in [9.17, 15) is 8.42 Å². The Balaban J connectivity index is 2.12. The lowest BCUT2D eigenvalue weighted by Crippen LogP contribution is -2.21. The first kappa shape index (κ1) is 10.6. The van der Waals surface area contributed by atoms with Crippen molar-refractivity contribution in [2.24, 2.45) is 0 Å². The van der Waals surface area contributed by atoms with Gasteiger partial charge in [0.2, 0.25) is 0 Å². The highest BCUT2D eigenvalue weighted by atomic mass is 79.9. The summed E-state index contributed by atoms with van der Waals surface area (Å²) < 4.78 is 23.1. The van der Waals surface area contributed by atoms with Gasteiger partial charge < -0.3 is 5.32 Å². The van der Waals surface area contributed by atoms with Gasteiger partial charge in [-0.15, -0.1) is 0 Å². The lowest BCUT2D eigenvalue weighted by atomic mass is 10.3. The molecule has 0 saturated carbocycles. The summed E-state index contributed by atoms with van der Waals surface area (Å²) in [5.41, 5.74) is 0. The second-order valence-electron chi connectivity index (χ2n) is 3.24. The fourth-order valence-corrected chi connectivity index (χ4v) is 2.94. The van der Waals surface area contributed by atoms with E-state index < -0.39 is 9.84 Å². The second kappa shape index (κ2) is 3.94. The van der Waals surface area contributed by atoms with Gasteiger partial charge in [-0.3, -0.25) is 0 Å². The molecule has 0 amide bonds. The fraction of sp³-hybridized carbons (Fsp3) is 0.222. The standard InChI is InChI=1S/C9H9BrN2O2S/c10-8-2-1-4-11-9(8)12-7-3-5-15(13,14)6-7/h1-5,7H,6H2,(H,11,12). The molecular weight excluding hydrogens is 280 g/mol. The highest BCUT2D eigenvalue weighted by molar-refractivity contribution is 9.10. The summed E-state index contributed by atoms with van der Waals surface area (Å²) in [5, 5.41) is 4.28. The summed E-state index contributed by atoms with van der Waals surface area (Å²) in [4.78, 5) is 4.10. The van der Waals surface area contributed by atoms with Crippen molar-refractivity contribution in [1.29, 1.82) is 0 Å². The number of anilines is 1. The van der Waals surface area contributed by atoms with Crippen LogP contribution in [0.3, 0.4) is 0 Å². The van der Waals surface area contributed by atoms with E-state index in [-0.39, 0.29) is 11.8 Å². The highest BCUT2D eigenvalue weighted by Crippen LogP contribution is 2.21. The summed E-state index contributed by atoms with van der Waals surface area (Å²) in [6.07, 6.45) is 3.29. The van der Waals surface area contributed by atoms with Crippen molar-refractivity contribution in [1.82, 2.24) is 4.98 Å². The van der Waals surface area contributed by atoms with Crippen LogP contribution < -0.4 is 5.32 Å². The first-order valence-electron chi connectivity index (χ1n) is 4.35. The molecule has 0 saturated heterocycles. The van der Waals surface area contributed by atoms with Gasteiger partial charge in [-0.05, 0) is 34.1 Å². The second-order valence-corrected chi connectivity index (χ2v) is 6.03. The van der Waals surface area contributed by atoms with E-state index in [0.717, 1.165) is 4.47 Å². The average Bonchev–Trinajstić information content (AvgIpc) is 2.50. The first-order chi connectivity index (χ1) is 7.07. The van der Waals surface area contributed by atoms with Gasteiger partial charge in [0.1, 0.15) is 5.82 Å². The number of nitrogens with zero attached hydrogens (tertiary/aromatic N) is 1. The van der Waals surface area contributed by atoms with E-state index in [2.05, 4.69) is 26.2 Å². The molecule has 80 valence electrons. The molecule has 1 aliphatic rings. The van der Waals surface area contributed by atoms with Crippen molar-refractivity contribution < 1.29 is 8.42 Å². The van der Waals surface area contributed by atoms with Crippen LogP contribution in [0.15, 0.2) is 34.3 Å². The summed E-state index contributed by atoms with van der Waals surface area (Å²) in [7, 11) is -3.01. The van der Waals surface area contributed by atoms with Crippen LogP contribution in [0.4, 0.5) is 5.82 Å². The number of pyridine rings is 1. The maximum atomic E-state index is 11.2. The molecule has 1 aliphatic heterocycles. The lowest BCUT2D eigenvalue weighted by molar-refractivity contribution is 0.605. The van der Waals surface area contributed by atoms with Gasteiger partial charge >= 0.3 is 0 Å². The lowest BCUT2D eigenvalue weighted by Gasteiger charge is -2.11. The van der Waals surface area contributed by atoms with E-state index in [4.69, 9.17) is 0 Å². The normalized spacial score (nSPS) is 22.9. The maximum absolute atomic E-state index is 11.2. The van der Waals surface area contributed by atoms with Crippen LogP contribution in [0, 0.1) is 0 Å². The van der Waals surface area contributed by atoms with Gasteiger partial charge in [-0.25, -0.2) is 13.4 Å². The smallest absolute Gasteiger partial charge is 0.173 e. The van der Waals surface area contributed by atoms with E-state index in [1.54, 1.807) is 18.3 Å². The molecule has 1 aromatic rings. The Bertz CT molecular complexity index is 499. The van der Waals surface area contributed by atoms with Gasteiger partial charge in [0.15, 0.2) is 9.84 Å². The molecule has 0 spiro atoms. The predicted octanol–water partition coefficient (Wildman–Crippen LogP) is 1.57. The van der Waals surface area contributed by atoms with Crippen LogP contribution in [0.2, 0.25) is 0 Å². The van der Waals surface area contributed by atoms with Crippen LogP contribution in [-0.2, 0) is 9.84 Å². The molecule has 0 aromatic carbocycles. The molecule has 15 heavy (non-hydrogen) atoms. The zero-order chi connectivity index (χ0) is 10.9. The Morgan fingerprint density at radius 1 is 1.53 bits per heavy atom. The molecule has 0 bridgehead atoms. The molecule has 1 atom stereocenters. The minimum Gasteiger partial charge on any atom is -0.362 e. The topological polar surface area (TPSA) is 59.1 Å². The predicted molar refractivity (Wildman–Crippen MR) is 62.3 cm³/mol. The van der Waals surface area contributed by atoms with Gasteiger partial charge in [0, 0.05) is 11.6 Å². The summed E-state index contributed by atoms with van der Waals surface area (Å²) in [6, 6.07) is 3.46. The summed E-state index contributed by atoms with van der Waals surface area (Å²) in [6.45, 7) is 0. The number of rotatable bonds is 2. The molecule has 0 aliphatic carbocycles. The van der Waals surface area contributed by atoms with Crippen molar-refractivity contribution in [3.63, 3.8) is 0 Å². The van der Waals surface area contributed by atoms with Crippen LogP contribution >= 0.6 is 15.9 Å². The van der Waals surface area contributed by atoms with Gasteiger partial charge in [0.25, 0.3) is 0 Å². The highest BCUT2D eigenvalue weighted by Gasteiger charge is 2.21. The van der Waals surface area contributed by atoms with E-state index in [1.807, 2.05) is 6.07 Å². The quantitative estimate of drug-likeness (QED) is 0.897. The molecule has 6 heteroatoms. The Morgan fingerprint density at radius 3 is 2.93 bits per heavy atom. The first-order valence-corrected chi connectivity index (χ1v) is 6.86. The summed E-state index contributed by atoms with van der Waals surface area (Å²) in [5.74, 6) is 0.750. The number of sulfone groups is 1. The van der Waals surface area contributed by atoms with Crippen LogP contribution in [-0.4, -0.2) is 25.2 Å². The Labute approximate surface area is 96.5 Å². The zero-order valence-electron chi connectivity index (χ0n) is 7.72. The van der Waals surface area contributed by atoms with Crippen LogP contribution in [0.1, 0.15) is 0 Å². The zero-order valence-corrected chi connectivity index (χ0v) is 10.1. The van der Waals surface area contributed by atoms with Gasteiger partial charge in [0.05, 0.1) is 16.3 Å². The largest absolute Gasteiger partial charge is 0.362 e. The van der Waals surface area contributed by atoms with Crippen molar-refractivity contribution in [3.8, 4) is 0 Å². The monoisotopic (exact) mass is 288 g/mol. The van der Waals surface area contributed by atoms with E-state index in [0.29, 0.717) is 5.82 Å². The van der Waals surface area contributed by atoms with Gasteiger partial charge in [-0.1, -0.05) is 0 Å². The van der Waals surface area contributed by atoms with Crippen molar-refractivity contribution >= 4 is 31.6 Å². The Morgan fingerprint density at radius 2 is 2.33 bits per heavy atom. The molecule has 1 unspecified atom stereocenters. The molecule has 0 radical (unpaired) electrons. The average molecular weight is 289 g/mol. The SMILES string of the molecule is O=S1(=O)C=CC(Nc2ncccc2Br)C1. The van der Waals surface area contributed by atoms with Gasteiger partial charge in [-0.2, -0.15) is 0 Å². The van der Waals surface area contributed by atoms with Crippen LogP contribution in [0.25, 0.3) is 0 Å². The van der Waals surface area contributed by atoms with Crippen LogP contribution in [0.5, 0.6) is 0 Å². The number of nitrogens with one attached hydrogen (secondary N) is 1. The number of aromatic nitrogens is 1. The molecule has 2 rings (SSSR count). The minimum absolute atomic E-state index is 0.0933. The Hall–Kier alpha value is -0.880. The summed E-state index contributed by atoms with van der Waals surface area (Å²) >= 11 is 3.33. The molecule has 4 nitrogen and oxygen atoms in total. The third kappa shape index (κ3) is 2.57. The fourth-order valence-electron chi connectivity index (χ4n) is 1.33. The third-order valence-corrected chi connectivity index (χ3v) is 4.05. The van der Waals surface area contributed by atoms with E-state index in [1.165, 1.54) is 5.41 Å². The molecular formula is C9H9BrN2O2S. The van der Waals surface area contributed by atoms with E-state index >= 15 is 0 Å². The molecule has 2 heterocycles. The van der Waals surface area contributed by atoms with Crippen molar-refractivity contribution in [2.75, 3.05) is 11.1 Å². The molecule has 0 fully saturated rings. The number of halogens is 1.